The summed E-state index contributed by atoms with van der Waals surface area (Å²) in [7, 11) is 0. The molecule has 0 amide bonds. The molecule has 0 spiro atoms. The van der Waals surface area contributed by atoms with Crippen molar-refractivity contribution in [3.8, 4) is 0 Å². The molecule has 0 radical (unpaired) electrons. The Labute approximate surface area is 130 Å². The van der Waals surface area contributed by atoms with E-state index < -0.39 is 0 Å². The zero-order chi connectivity index (χ0) is 14.5. The van der Waals surface area contributed by atoms with Gasteiger partial charge in [-0.2, -0.15) is 0 Å². The number of hydrogen-bond donors (Lipinski definition) is 1. The molecule has 1 aromatic heterocycles. The Morgan fingerprint density at radius 1 is 1.40 bits per heavy atom. The van der Waals surface area contributed by atoms with Crippen molar-refractivity contribution >= 4 is 32.3 Å². The van der Waals surface area contributed by atoms with E-state index in [9.17, 15) is 10.1 Å². The summed E-state index contributed by atoms with van der Waals surface area (Å²) in [6.07, 6.45) is 0.966. The molecule has 0 fully saturated rings. The third kappa shape index (κ3) is 3.88. The highest BCUT2D eigenvalue weighted by Crippen LogP contribution is 2.24. The minimum atomic E-state index is -0.347. The number of nitrogens with zero attached hydrogens (tertiary/aromatic N) is 1. The fourth-order valence-corrected chi connectivity index (χ4v) is 2.98. The highest BCUT2D eigenvalue weighted by Gasteiger charge is 2.12. The van der Waals surface area contributed by atoms with Gasteiger partial charge in [0, 0.05) is 28.5 Å². The molecular weight excluding hydrogens is 340 g/mol. The van der Waals surface area contributed by atoms with Crippen molar-refractivity contribution in [3.05, 3.63) is 61.4 Å². The number of nitrogens with one attached hydrogen (secondary N) is 1. The second kappa shape index (κ2) is 6.97. The monoisotopic (exact) mass is 354 g/mol. The van der Waals surface area contributed by atoms with Gasteiger partial charge in [-0.15, -0.1) is 0 Å². The van der Waals surface area contributed by atoms with Gasteiger partial charge in [0.1, 0.15) is 0 Å². The Morgan fingerprint density at radius 3 is 2.65 bits per heavy atom. The molecule has 0 aliphatic carbocycles. The van der Waals surface area contributed by atoms with Crippen LogP contribution in [0.5, 0.6) is 0 Å². The molecular formula is C14H15BrN2O2S. The van der Waals surface area contributed by atoms with Crippen LogP contribution in [0.15, 0.2) is 40.2 Å². The quantitative estimate of drug-likeness (QED) is 0.606. The lowest BCUT2D eigenvalue weighted by molar-refractivity contribution is -0.380. The van der Waals surface area contributed by atoms with E-state index in [1.54, 1.807) is 6.07 Å². The van der Waals surface area contributed by atoms with E-state index >= 15 is 0 Å². The van der Waals surface area contributed by atoms with Gasteiger partial charge in [0.25, 0.3) is 0 Å². The molecule has 20 heavy (non-hydrogen) atoms. The largest absolute Gasteiger partial charge is 0.324 e. The number of halogens is 1. The summed E-state index contributed by atoms with van der Waals surface area (Å²) < 4.78 is 1.06. The lowest BCUT2D eigenvalue weighted by Gasteiger charge is -2.17. The minimum Gasteiger partial charge on any atom is -0.306 e. The average Bonchev–Trinajstić information content (AvgIpc) is 2.90. The summed E-state index contributed by atoms with van der Waals surface area (Å²) in [4.78, 5) is 10.3. The van der Waals surface area contributed by atoms with E-state index in [1.165, 1.54) is 16.9 Å². The van der Waals surface area contributed by atoms with Crippen LogP contribution in [0.4, 0.5) is 5.00 Å². The molecule has 6 heteroatoms. The van der Waals surface area contributed by atoms with Gasteiger partial charge in [0.2, 0.25) is 0 Å². The van der Waals surface area contributed by atoms with Gasteiger partial charge in [-0.25, -0.2) is 0 Å². The van der Waals surface area contributed by atoms with Crippen LogP contribution in [-0.4, -0.2) is 4.92 Å². The first-order chi connectivity index (χ1) is 9.60. The smallest absolute Gasteiger partial charge is 0.306 e. The van der Waals surface area contributed by atoms with E-state index in [2.05, 4.69) is 40.3 Å². The van der Waals surface area contributed by atoms with Gasteiger partial charge in [-0.1, -0.05) is 46.3 Å². The van der Waals surface area contributed by atoms with Crippen molar-refractivity contribution in [2.24, 2.45) is 0 Å². The van der Waals surface area contributed by atoms with Crippen molar-refractivity contribution in [1.82, 2.24) is 5.32 Å². The van der Waals surface area contributed by atoms with Gasteiger partial charge < -0.3 is 5.32 Å². The molecule has 1 aromatic carbocycles. The van der Waals surface area contributed by atoms with Gasteiger partial charge in [0.15, 0.2) is 0 Å². The Hall–Kier alpha value is -1.24. The maximum Gasteiger partial charge on any atom is 0.324 e. The third-order valence-corrected chi connectivity index (χ3v) is 4.51. The molecule has 0 saturated carbocycles. The molecule has 1 atom stereocenters. The molecule has 2 rings (SSSR count). The zero-order valence-corrected chi connectivity index (χ0v) is 13.4. The van der Waals surface area contributed by atoms with E-state index in [0.717, 1.165) is 16.5 Å². The molecule has 0 bridgehead atoms. The van der Waals surface area contributed by atoms with Crippen LogP contribution in [0, 0.1) is 10.1 Å². The van der Waals surface area contributed by atoms with Crippen molar-refractivity contribution in [2.45, 2.75) is 25.9 Å². The van der Waals surface area contributed by atoms with Crippen molar-refractivity contribution in [3.63, 3.8) is 0 Å². The fourth-order valence-electron chi connectivity index (χ4n) is 1.99. The molecule has 2 aromatic rings. The predicted octanol–water partition coefficient (Wildman–Crippen LogP) is 4.66. The van der Waals surface area contributed by atoms with Crippen LogP contribution in [0.1, 0.15) is 30.5 Å². The highest BCUT2D eigenvalue weighted by atomic mass is 79.9. The van der Waals surface area contributed by atoms with Gasteiger partial charge in [0.05, 0.1) is 4.92 Å². The summed E-state index contributed by atoms with van der Waals surface area (Å²) in [6, 6.07) is 10.1. The molecule has 4 nitrogen and oxygen atoms in total. The zero-order valence-electron chi connectivity index (χ0n) is 11.0. The van der Waals surface area contributed by atoms with Gasteiger partial charge >= 0.3 is 5.00 Å². The number of thiophene rings is 1. The summed E-state index contributed by atoms with van der Waals surface area (Å²) >= 11 is 4.60. The summed E-state index contributed by atoms with van der Waals surface area (Å²) in [5.74, 6) is 0. The maximum atomic E-state index is 10.7. The number of rotatable bonds is 6. The van der Waals surface area contributed by atoms with Crippen LogP contribution in [0.3, 0.4) is 0 Å². The Morgan fingerprint density at radius 2 is 2.10 bits per heavy atom. The van der Waals surface area contributed by atoms with E-state index in [0.29, 0.717) is 6.54 Å². The molecule has 0 saturated heterocycles. The Bertz CT molecular complexity index is 583. The minimum absolute atomic E-state index is 0.193. The van der Waals surface area contributed by atoms with Crippen molar-refractivity contribution in [2.75, 3.05) is 0 Å². The number of benzene rings is 1. The lowest BCUT2D eigenvalue weighted by atomic mass is 10.0. The molecule has 1 unspecified atom stereocenters. The first kappa shape index (κ1) is 15.2. The van der Waals surface area contributed by atoms with Crippen LogP contribution < -0.4 is 5.32 Å². The Balaban J connectivity index is 1.99. The first-order valence-corrected chi connectivity index (χ1v) is 7.98. The average molecular weight is 355 g/mol. The van der Waals surface area contributed by atoms with Crippen LogP contribution in [0.25, 0.3) is 0 Å². The second-order valence-corrected chi connectivity index (χ2v) is 6.25. The van der Waals surface area contributed by atoms with Crippen molar-refractivity contribution in [1.29, 1.82) is 0 Å². The van der Waals surface area contributed by atoms with Gasteiger partial charge in [-0.3, -0.25) is 10.1 Å². The maximum absolute atomic E-state index is 10.7. The molecule has 1 N–H and O–H groups in total. The standard InChI is InChI=1S/C14H15BrN2O2S/c1-2-13(11-3-5-12(15)6-4-11)16-8-10-7-14(17(18)19)20-9-10/h3-7,9,13,16H,2,8H2,1H3. The fraction of sp³-hybridized carbons (Fsp3) is 0.286. The van der Waals surface area contributed by atoms with Gasteiger partial charge in [-0.05, 0) is 29.7 Å². The second-order valence-electron chi connectivity index (χ2n) is 4.44. The van der Waals surface area contributed by atoms with E-state index in [-0.39, 0.29) is 16.0 Å². The van der Waals surface area contributed by atoms with Crippen LogP contribution in [0.2, 0.25) is 0 Å². The topological polar surface area (TPSA) is 55.2 Å². The predicted molar refractivity (Wildman–Crippen MR) is 85.0 cm³/mol. The molecule has 0 aliphatic rings. The number of nitro groups is 1. The molecule has 0 aliphatic heterocycles. The first-order valence-electron chi connectivity index (χ1n) is 6.30. The highest BCUT2D eigenvalue weighted by molar-refractivity contribution is 9.10. The van der Waals surface area contributed by atoms with Crippen molar-refractivity contribution < 1.29 is 4.92 Å². The SMILES string of the molecule is CCC(NCc1csc([N+](=O)[O-])c1)c1ccc(Br)cc1. The summed E-state index contributed by atoms with van der Waals surface area (Å²) in [5, 5.41) is 16.1. The summed E-state index contributed by atoms with van der Waals surface area (Å²) in [6.45, 7) is 2.76. The van der Waals surface area contributed by atoms with Crippen LogP contribution in [-0.2, 0) is 6.54 Å². The molecule has 1 heterocycles. The van der Waals surface area contributed by atoms with E-state index in [4.69, 9.17) is 0 Å². The molecule has 106 valence electrons. The Kier molecular flexibility index (Phi) is 5.28. The van der Waals surface area contributed by atoms with Crippen LogP contribution >= 0.6 is 27.3 Å². The lowest BCUT2D eigenvalue weighted by Crippen LogP contribution is -2.19. The number of hydrogen-bond acceptors (Lipinski definition) is 4. The summed E-state index contributed by atoms with van der Waals surface area (Å²) in [5.41, 5.74) is 2.18. The van der Waals surface area contributed by atoms with E-state index in [1.807, 2.05) is 17.5 Å². The normalized spacial score (nSPS) is 12.3. The third-order valence-electron chi connectivity index (χ3n) is 3.05.